The predicted octanol–water partition coefficient (Wildman–Crippen LogP) is 2.26. The summed E-state index contributed by atoms with van der Waals surface area (Å²) < 4.78 is 2.07. The Morgan fingerprint density at radius 3 is 2.58 bits per heavy atom. The van der Waals surface area contributed by atoms with Crippen LogP contribution in [-0.2, 0) is 13.1 Å². The quantitative estimate of drug-likeness (QED) is 0.905. The molecule has 19 heavy (non-hydrogen) atoms. The molecule has 0 aliphatic carbocycles. The minimum atomic E-state index is 0.311. The monoisotopic (exact) mass is 264 g/mol. The molecule has 0 amide bonds. The third-order valence-corrected chi connectivity index (χ3v) is 4.12. The van der Waals surface area contributed by atoms with Gasteiger partial charge in [-0.05, 0) is 46.6 Å². The van der Waals surface area contributed by atoms with E-state index in [1.807, 2.05) is 6.20 Å². The molecule has 1 aliphatic rings. The summed E-state index contributed by atoms with van der Waals surface area (Å²) in [5.41, 5.74) is 1.60. The van der Waals surface area contributed by atoms with Crippen LogP contribution in [0.1, 0.15) is 46.2 Å². The van der Waals surface area contributed by atoms with Crippen LogP contribution in [0.4, 0.5) is 0 Å². The zero-order chi connectivity index (χ0) is 13.9. The van der Waals surface area contributed by atoms with E-state index in [2.05, 4.69) is 53.8 Å². The van der Waals surface area contributed by atoms with Crippen molar-refractivity contribution < 1.29 is 0 Å². The highest BCUT2D eigenvalue weighted by Gasteiger charge is 2.26. The number of aryl methyl sites for hydroxylation is 1. The van der Waals surface area contributed by atoms with Gasteiger partial charge < -0.3 is 5.32 Å². The van der Waals surface area contributed by atoms with Crippen LogP contribution in [-0.4, -0.2) is 39.4 Å². The standard InChI is InChI=1S/C15H28N4/c1-5-19-14(6-9-17-19)12-16-13-7-10-18(11-8-13)15(2,3)4/h6,9,13,16H,5,7-8,10-12H2,1-4H3. The Bertz CT molecular complexity index is 383. The van der Waals surface area contributed by atoms with Gasteiger partial charge in [0.2, 0.25) is 0 Å². The molecule has 0 aromatic carbocycles. The molecule has 2 rings (SSSR count). The molecular formula is C15H28N4. The van der Waals surface area contributed by atoms with Gasteiger partial charge in [-0.2, -0.15) is 5.10 Å². The SMILES string of the molecule is CCn1nccc1CNC1CCN(C(C)(C)C)CC1. The summed E-state index contributed by atoms with van der Waals surface area (Å²) in [6.07, 6.45) is 4.39. The minimum absolute atomic E-state index is 0.311. The van der Waals surface area contributed by atoms with Crippen LogP contribution < -0.4 is 5.32 Å². The summed E-state index contributed by atoms with van der Waals surface area (Å²) in [6.45, 7) is 13.4. The third-order valence-electron chi connectivity index (χ3n) is 4.12. The first-order valence-electron chi connectivity index (χ1n) is 7.50. The van der Waals surface area contributed by atoms with Crippen molar-refractivity contribution in [1.29, 1.82) is 0 Å². The molecule has 4 nitrogen and oxygen atoms in total. The van der Waals surface area contributed by atoms with Crippen LogP contribution in [0.2, 0.25) is 0 Å². The molecule has 0 radical (unpaired) electrons. The predicted molar refractivity (Wildman–Crippen MR) is 79.1 cm³/mol. The van der Waals surface area contributed by atoms with Gasteiger partial charge in [0.25, 0.3) is 0 Å². The summed E-state index contributed by atoms with van der Waals surface area (Å²) in [7, 11) is 0. The summed E-state index contributed by atoms with van der Waals surface area (Å²) in [5.74, 6) is 0. The lowest BCUT2D eigenvalue weighted by atomic mass is 9.98. The lowest BCUT2D eigenvalue weighted by Crippen LogP contribution is -2.49. The molecule has 4 heteroatoms. The Morgan fingerprint density at radius 1 is 1.32 bits per heavy atom. The van der Waals surface area contributed by atoms with Crippen molar-refractivity contribution in [1.82, 2.24) is 20.0 Å². The van der Waals surface area contributed by atoms with Crippen molar-refractivity contribution in [3.63, 3.8) is 0 Å². The van der Waals surface area contributed by atoms with Gasteiger partial charge in [-0.3, -0.25) is 9.58 Å². The number of hydrogen-bond acceptors (Lipinski definition) is 3. The van der Waals surface area contributed by atoms with E-state index >= 15 is 0 Å². The lowest BCUT2D eigenvalue weighted by Gasteiger charge is -2.41. The average molecular weight is 264 g/mol. The number of likely N-dealkylation sites (tertiary alicyclic amines) is 1. The zero-order valence-corrected chi connectivity index (χ0v) is 12.8. The molecule has 1 aromatic rings. The molecule has 1 N–H and O–H groups in total. The summed E-state index contributed by atoms with van der Waals surface area (Å²) in [4.78, 5) is 2.58. The van der Waals surface area contributed by atoms with Crippen LogP contribution in [0.25, 0.3) is 0 Å². The average Bonchev–Trinajstić information content (AvgIpc) is 2.83. The van der Waals surface area contributed by atoms with E-state index in [0.29, 0.717) is 11.6 Å². The third kappa shape index (κ3) is 3.80. The smallest absolute Gasteiger partial charge is 0.0522 e. The summed E-state index contributed by atoms with van der Waals surface area (Å²) in [5, 5.41) is 7.99. The van der Waals surface area contributed by atoms with Gasteiger partial charge in [0.15, 0.2) is 0 Å². The molecule has 1 aromatic heterocycles. The molecule has 0 bridgehead atoms. The Kier molecular flexibility index (Phi) is 4.63. The fourth-order valence-corrected chi connectivity index (χ4v) is 2.80. The van der Waals surface area contributed by atoms with Crippen LogP contribution in [0.5, 0.6) is 0 Å². The lowest BCUT2D eigenvalue weighted by molar-refractivity contribution is 0.0958. The van der Waals surface area contributed by atoms with Gasteiger partial charge in [0.1, 0.15) is 0 Å². The Morgan fingerprint density at radius 2 is 2.00 bits per heavy atom. The fraction of sp³-hybridized carbons (Fsp3) is 0.800. The highest BCUT2D eigenvalue weighted by Crippen LogP contribution is 2.20. The number of aromatic nitrogens is 2. The van der Waals surface area contributed by atoms with Crippen molar-refractivity contribution in [2.45, 2.75) is 65.2 Å². The van der Waals surface area contributed by atoms with Gasteiger partial charge in [-0.1, -0.05) is 0 Å². The van der Waals surface area contributed by atoms with Crippen molar-refractivity contribution in [2.75, 3.05) is 13.1 Å². The largest absolute Gasteiger partial charge is 0.308 e. The van der Waals surface area contributed by atoms with Crippen LogP contribution in [0.15, 0.2) is 12.3 Å². The van der Waals surface area contributed by atoms with Gasteiger partial charge in [-0.15, -0.1) is 0 Å². The normalized spacial score (nSPS) is 18.9. The summed E-state index contributed by atoms with van der Waals surface area (Å²) >= 11 is 0. The molecule has 0 unspecified atom stereocenters. The number of nitrogens with one attached hydrogen (secondary N) is 1. The Hall–Kier alpha value is -0.870. The van der Waals surface area contributed by atoms with Gasteiger partial charge in [0, 0.05) is 44.0 Å². The first-order chi connectivity index (χ1) is 9.00. The second-order valence-corrected chi connectivity index (χ2v) is 6.45. The van der Waals surface area contributed by atoms with E-state index < -0.39 is 0 Å². The maximum atomic E-state index is 4.31. The fourth-order valence-electron chi connectivity index (χ4n) is 2.80. The Labute approximate surface area is 117 Å². The minimum Gasteiger partial charge on any atom is -0.308 e. The molecule has 0 saturated carbocycles. The highest BCUT2D eigenvalue weighted by molar-refractivity contribution is 5.00. The van der Waals surface area contributed by atoms with E-state index in [1.165, 1.54) is 31.6 Å². The van der Waals surface area contributed by atoms with Gasteiger partial charge in [-0.25, -0.2) is 0 Å². The maximum Gasteiger partial charge on any atom is 0.0522 e. The van der Waals surface area contributed by atoms with E-state index in [0.717, 1.165) is 13.1 Å². The van der Waals surface area contributed by atoms with Crippen LogP contribution in [0.3, 0.4) is 0 Å². The van der Waals surface area contributed by atoms with Crippen molar-refractivity contribution >= 4 is 0 Å². The Balaban J connectivity index is 1.77. The van der Waals surface area contributed by atoms with Crippen molar-refractivity contribution in [2.24, 2.45) is 0 Å². The summed E-state index contributed by atoms with van der Waals surface area (Å²) in [6, 6.07) is 2.76. The van der Waals surface area contributed by atoms with E-state index in [1.54, 1.807) is 0 Å². The topological polar surface area (TPSA) is 33.1 Å². The molecule has 1 aliphatic heterocycles. The van der Waals surface area contributed by atoms with Crippen LogP contribution >= 0.6 is 0 Å². The molecule has 1 fully saturated rings. The maximum absolute atomic E-state index is 4.31. The van der Waals surface area contributed by atoms with Crippen molar-refractivity contribution in [3.05, 3.63) is 18.0 Å². The second kappa shape index (κ2) is 6.06. The molecule has 0 spiro atoms. The molecule has 1 saturated heterocycles. The van der Waals surface area contributed by atoms with Gasteiger partial charge >= 0.3 is 0 Å². The molecular weight excluding hydrogens is 236 g/mol. The van der Waals surface area contributed by atoms with E-state index in [4.69, 9.17) is 0 Å². The highest BCUT2D eigenvalue weighted by atomic mass is 15.3. The second-order valence-electron chi connectivity index (χ2n) is 6.45. The number of piperidine rings is 1. The van der Waals surface area contributed by atoms with Crippen molar-refractivity contribution in [3.8, 4) is 0 Å². The van der Waals surface area contributed by atoms with Crippen LogP contribution in [0, 0.1) is 0 Å². The zero-order valence-electron chi connectivity index (χ0n) is 12.8. The molecule has 108 valence electrons. The number of nitrogens with zero attached hydrogens (tertiary/aromatic N) is 3. The molecule has 2 heterocycles. The van der Waals surface area contributed by atoms with E-state index in [9.17, 15) is 0 Å². The first kappa shape index (κ1) is 14.5. The number of rotatable bonds is 4. The van der Waals surface area contributed by atoms with Gasteiger partial charge in [0.05, 0.1) is 5.69 Å². The van der Waals surface area contributed by atoms with E-state index in [-0.39, 0.29) is 0 Å². The number of hydrogen-bond donors (Lipinski definition) is 1. The first-order valence-corrected chi connectivity index (χ1v) is 7.50. The molecule has 0 atom stereocenters.